The largest absolute Gasteiger partial charge is 0.366 e. The van der Waals surface area contributed by atoms with Gasteiger partial charge in [-0.2, -0.15) is 5.10 Å². The molecule has 0 radical (unpaired) electrons. The predicted octanol–water partition coefficient (Wildman–Crippen LogP) is 0.412. The van der Waals surface area contributed by atoms with Gasteiger partial charge in [-0.3, -0.25) is 9.80 Å². The van der Waals surface area contributed by atoms with E-state index in [0.717, 1.165) is 36.2 Å². The fraction of sp³-hybridized carbons (Fsp3) is 0.467. The summed E-state index contributed by atoms with van der Waals surface area (Å²) in [6.45, 7) is 1.19. The Morgan fingerprint density at radius 2 is 2.23 bits per heavy atom. The minimum Gasteiger partial charge on any atom is -0.366 e. The summed E-state index contributed by atoms with van der Waals surface area (Å²) in [5.41, 5.74) is 9.00. The van der Waals surface area contributed by atoms with Crippen LogP contribution in [-0.2, 0) is 16.3 Å². The molecule has 0 spiro atoms. The molecule has 0 fully saturated rings. The van der Waals surface area contributed by atoms with Gasteiger partial charge in [-0.15, -0.1) is 0 Å². The maximum absolute atomic E-state index is 11.3. The van der Waals surface area contributed by atoms with Gasteiger partial charge in [0.2, 0.25) is 5.91 Å². The smallest absolute Gasteiger partial charge is 0.248 e. The number of hydrogen-bond donors (Lipinski definition) is 1. The zero-order valence-corrected chi connectivity index (χ0v) is 13.3. The zero-order chi connectivity index (χ0) is 15.9. The average Bonchev–Trinajstić information content (AvgIpc) is 2.87. The summed E-state index contributed by atoms with van der Waals surface area (Å²) < 4.78 is 22.6. The quantitative estimate of drug-likeness (QED) is 0.869. The second-order valence-electron chi connectivity index (χ2n) is 6.00. The standard InChI is InChI=1S/C15H19N3O3S/c1-22(20,21)7-6-18-9-12-3-2-10-8-11(15(16)19)4-5-13(10)14(12)17-18/h4-5,8,12H,2-3,6-7,9H2,1H3,(H2,16,19). The number of hydrogen-bond acceptors (Lipinski definition) is 5. The van der Waals surface area contributed by atoms with E-state index >= 15 is 0 Å². The van der Waals surface area contributed by atoms with Crippen LogP contribution in [0.2, 0.25) is 0 Å². The van der Waals surface area contributed by atoms with Crippen LogP contribution in [0.25, 0.3) is 0 Å². The Labute approximate surface area is 129 Å². The number of sulfone groups is 1. The molecule has 6 nitrogen and oxygen atoms in total. The van der Waals surface area contributed by atoms with E-state index in [1.807, 2.05) is 17.1 Å². The number of benzene rings is 1. The van der Waals surface area contributed by atoms with Gasteiger partial charge in [0.15, 0.2) is 0 Å². The minimum absolute atomic E-state index is 0.115. The highest BCUT2D eigenvalue weighted by molar-refractivity contribution is 7.90. The van der Waals surface area contributed by atoms with Crippen LogP contribution in [-0.4, -0.2) is 50.1 Å². The molecule has 1 aromatic carbocycles. The Morgan fingerprint density at radius 3 is 2.91 bits per heavy atom. The van der Waals surface area contributed by atoms with Crippen molar-refractivity contribution >= 4 is 21.5 Å². The summed E-state index contributed by atoms with van der Waals surface area (Å²) in [5.74, 6) is 0.0313. The van der Waals surface area contributed by atoms with Gasteiger partial charge in [0.05, 0.1) is 18.0 Å². The number of carbonyl (C=O) groups is 1. The number of rotatable bonds is 4. The number of aryl methyl sites for hydroxylation is 1. The topological polar surface area (TPSA) is 92.8 Å². The molecule has 1 unspecified atom stereocenters. The van der Waals surface area contributed by atoms with E-state index in [9.17, 15) is 13.2 Å². The Morgan fingerprint density at radius 1 is 1.45 bits per heavy atom. The Balaban J connectivity index is 1.84. The number of primary amides is 1. The molecule has 1 aliphatic heterocycles. The molecule has 22 heavy (non-hydrogen) atoms. The molecule has 0 saturated carbocycles. The molecule has 2 N–H and O–H groups in total. The molecule has 1 aromatic rings. The predicted molar refractivity (Wildman–Crippen MR) is 84.6 cm³/mol. The fourth-order valence-electron chi connectivity index (χ4n) is 3.06. The maximum Gasteiger partial charge on any atom is 0.248 e. The molecule has 7 heteroatoms. The summed E-state index contributed by atoms with van der Waals surface area (Å²) in [6, 6.07) is 5.47. The number of carbonyl (C=O) groups excluding carboxylic acids is 1. The molecule has 0 bridgehead atoms. The summed E-state index contributed by atoms with van der Waals surface area (Å²) in [5, 5.41) is 6.44. The number of amides is 1. The lowest BCUT2D eigenvalue weighted by Crippen LogP contribution is -2.27. The molecule has 1 heterocycles. The van der Waals surface area contributed by atoms with Gasteiger partial charge >= 0.3 is 0 Å². The SMILES string of the molecule is CS(=O)(=O)CCN1CC2CCc3cc(C(N)=O)ccc3C2=N1. The van der Waals surface area contributed by atoms with Gasteiger partial charge in [-0.25, -0.2) is 8.42 Å². The van der Waals surface area contributed by atoms with Crippen molar-refractivity contribution in [1.82, 2.24) is 5.01 Å². The molecule has 0 aromatic heterocycles. The molecule has 1 aliphatic carbocycles. The van der Waals surface area contributed by atoms with Crippen molar-refractivity contribution in [3.05, 3.63) is 34.9 Å². The van der Waals surface area contributed by atoms with Crippen LogP contribution < -0.4 is 5.73 Å². The third kappa shape index (κ3) is 2.99. The fourth-order valence-corrected chi connectivity index (χ4v) is 3.61. The van der Waals surface area contributed by atoms with E-state index in [2.05, 4.69) is 5.10 Å². The van der Waals surface area contributed by atoms with E-state index in [-0.39, 0.29) is 5.75 Å². The summed E-state index contributed by atoms with van der Waals surface area (Å²) in [7, 11) is -2.98. The van der Waals surface area contributed by atoms with Gasteiger partial charge in [-0.1, -0.05) is 6.07 Å². The first-order valence-electron chi connectivity index (χ1n) is 7.28. The van der Waals surface area contributed by atoms with Gasteiger partial charge in [-0.05, 0) is 30.5 Å². The van der Waals surface area contributed by atoms with Crippen LogP contribution in [0.5, 0.6) is 0 Å². The third-order valence-corrected chi connectivity index (χ3v) is 5.14. The Hall–Kier alpha value is -1.89. The lowest BCUT2D eigenvalue weighted by atomic mass is 9.82. The highest BCUT2D eigenvalue weighted by Crippen LogP contribution is 2.31. The van der Waals surface area contributed by atoms with Gasteiger partial charge in [0.25, 0.3) is 0 Å². The summed E-state index contributed by atoms with van der Waals surface area (Å²) >= 11 is 0. The van der Waals surface area contributed by atoms with Gasteiger partial charge in [0.1, 0.15) is 9.84 Å². The molecule has 0 saturated heterocycles. The lowest BCUT2D eigenvalue weighted by Gasteiger charge is -2.22. The van der Waals surface area contributed by atoms with Crippen LogP contribution >= 0.6 is 0 Å². The molecule has 3 rings (SSSR count). The van der Waals surface area contributed by atoms with E-state index in [1.54, 1.807) is 6.07 Å². The summed E-state index contributed by atoms with van der Waals surface area (Å²) in [4.78, 5) is 11.3. The van der Waals surface area contributed by atoms with E-state index in [4.69, 9.17) is 5.73 Å². The van der Waals surface area contributed by atoms with Crippen molar-refractivity contribution in [2.24, 2.45) is 16.8 Å². The van der Waals surface area contributed by atoms with Crippen molar-refractivity contribution in [2.45, 2.75) is 12.8 Å². The Bertz CT molecular complexity index is 755. The molecular formula is C15H19N3O3S. The molecule has 1 amide bonds. The van der Waals surface area contributed by atoms with Gasteiger partial charge in [0, 0.05) is 29.8 Å². The van der Waals surface area contributed by atoms with Crippen LogP contribution in [0, 0.1) is 5.92 Å². The summed E-state index contributed by atoms with van der Waals surface area (Å²) in [6.07, 6.45) is 3.09. The van der Waals surface area contributed by atoms with Gasteiger partial charge < -0.3 is 5.73 Å². The van der Waals surface area contributed by atoms with Crippen molar-refractivity contribution in [3.8, 4) is 0 Å². The van der Waals surface area contributed by atoms with Crippen molar-refractivity contribution in [3.63, 3.8) is 0 Å². The lowest BCUT2D eigenvalue weighted by molar-refractivity contribution is 0.1000. The van der Waals surface area contributed by atoms with Crippen LogP contribution in [0.4, 0.5) is 0 Å². The first-order chi connectivity index (χ1) is 10.3. The van der Waals surface area contributed by atoms with Crippen LogP contribution in [0.3, 0.4) is 0 Å². The zero-order valence-electron chi connectivity index (χ0n) is 12.4. The second-order valence-corrected chi connectivity index (χ2v) is 8.26. The van der Waals surface area contributed by atoms with Crippen molar-refractivity contribution in [1.29, 1.82) is 0 Å². The van der Waals surface area contributed by atoms with E-state index < -0.39 is 15.7 Å². The van der Waals surface area contributed by atoms with Crippen molar-refractivity contribution < 1.29 is 13.2 Å². The molecule has 1 atom stereocenters. The number of nitrogens with zero attached hydrogens (tertiary/aromatic N) is 2. The normalized spacial score (nSPS) is 20.3. The Kier molecular flexibility index (Phi) is 3.68. The molecular weight excluding hydrogens is 302 g/mol. The third-order valence-electron chi connectivity index (χ3n) is 4.22. The van der Waals surface area contributed by atoms with Crippen LogP contribution in [0.15, 0.2) is 23.3 Å². The number of hydrazone groups is 1. The highest BCUT2D eigenvalue weighted by Gasteiger charge is 2.32. The van der Waals surface area contributed by atoms with Crippen LogP contribution in [0.1, 0.15) is 27.9 Å². The minimum atomic E-state index is -2.98. The first kappa shape index (κ1) is 15.0. The van der Waals surface area contributed by atoms with Crippen molar-refractivity contribution in [2.75, 3.05) is 25.1 Å². The van der Waals surface area contributed by atoms with E-state index in [0.29, 0.717) is 18.0 Å². The second kappa shape index (κ2) is 5.39. The molecule has 2 aliphatic rings. The number of fused-ring (bicyclic) bond motifs is 3. The molecule has 118 valence electrons. The highest BCUT2D eigenvalue weighted by atomic mass is 32.2. The number of nitrogens with two attached hydrogens (primary N) is 1. The first-order valence-corrected chi connectivity index (χ1v) is 9.34. The monoisotopic (exact) mass is 321 g/mol. The average molecular weight is 321 g/mol. The maximum atomic E-state index is 11.3. The van der Waals surface area contributed by atoms with E-state index in [1.165, 1.54) is 6.26 Å².